The molecule has 0 aliphatic heterocycles. The van der Waals surface area contributed by atoms with Crippen LogP contribution in [0, 0.1) is 11.3 Å². The summed E-state index contributed by atoms with van der Waals surface area (Å²) in [5, 5.41) is 12.1. The quantitative estimate of drug-likeness (QED) is 0.874. The number of ether oxygens (including phenoxy) is 1. The van der Waals surface area contributed by atoms with Gasteiger partial charge in [0.2, 0.25) is 5.76 Å². The molecule has 2 aromatic rings. The van der Waals surface area contributed by atoms with Gasteiger partial charge in [-0.15, -0.1) is 0 Å². The second-order valence-electron chi connectivity index (χ2n) is 4.48. The highest BCUT2D eigenvalue weighted by Crippen LogP contribution is 2.18. The third kappa shape index (κ3) is 3.62. The Balaban J connectivity index is 1.91. The number of hydrogen-bond donors (Lipinski definition) is 1. The molecule has 4 heteroatoms. The van der Waals surface area contributed by atoms with Crippen LogP contribution < -0.4 is 10.1 Å². The van der Waals surface area contributed by atoms with Crippen LogP contribution in [0.25, 0.3) is 0 Å². The van der Waals surface area contributed by atoms with Crippen LogP contribution in [0.4, 0.5) is 0 Å². The van der Waals surface area contributed by atoms with Crippen molar-refractivity contribution in [2.45, 2.75) is 26.4 Å². The SMILES string of the molecule is CCOc1ccc(C(C)NCc2ccc(C#N)o2)cc1. The Morgan fingerprint density at radius 2 is 2.00 bits per heavy atom. The van der Waals surface area contributed by atoms with E-state index in [1.165, 1.54) is 5.56 Å². The molecular formula is C16H18N2O2. The van der Waals surface area contributed by atoms with Crippen LogP contribution in [-0.2, 0) is 6.54 Å². The minimum atomic E-state index is 0.196. The fourth-order valence-electron chi connectivity index (χ4n) is 1.92. The molecule has 0 amide bonds. The first-order chi connectivity index (χ1) is 9.72. The van der Waals surface area contributed by atoms with Crippen molar-refractivity contribution in [2.24, 2.45) is 0 Å². The zero-order chi connectivity index (χ0) is 14.4. The van der Waals surface area contributed by atoms with Crippen molar-refractivity contribution >= 4 is 0 Å². The van der Waals surface area contributed by atoms with Gasteiger partial charge >= 0.3 is 0 Å². The predicted molar refractivity (Wildman–Crippen MR) is 76.3 cm³/mol. The summed E-state index contributed by atoms with van der Waals surface area (Å²) in [6.07, 6.45) is 0. The third-order valence-electron chi connectivity index (χ3n) is 3.05. The monoisotopic (exact) mass is 270 g/mol. The van der Waals surface area contributed by atoms with Crippen molar-refractivity contribution in [3.05, 3.63) is 53.5 Å². The van der Waals surface area contributed by atoms with Crippen LogP contribution in [-0.4, -0.2) is 6.61 Å². The Morgan fingerprint density at radius 3 is 2.60 bits per heavy atom. The summed E-state index contributed by atoms with van der Waals surface area (Å²) >= 11 is 0. The summed E-state index contributed by atoms with van der Waals surface area (Å²) in [4.78, 5) is 0. The molecule has 1 aromatic carbocycles. The molecule has 0 saturated carbocycles. The van der Waals surface area contributed by atoms with Gasteiger partial charge in [-0.1, -0.05) is 12.1 Å². The lowest BCUT2D eigenvalue weighted by Crippen LogP contribution is -2.17. The van der Waals surface area contributed by atoms with Gasteiger partial charge in [0.1, 0.15) is 17.6 Å². The fourth-order valence-corrected chi connectivity index (χ4v) is 1.92. The van der Waals surface area contributed by atoms with Crippen molar-refractivity contribution in [3.63, 3.8) is 0 Å². The molecule has 0 aliphatic rings. The molecule has 0 fully saturated rings. The Morgan fingerprint density at radius 1 is 1.25 bits per heavy atom. The Kier molecular flexibility index (Phi) is 4.80. The van der Waals surface area contributed by atoms with E-state index >= 15 is 0 Å². The molecule has 4 nitrogen and oxygen atoms in total. The minimum Gasteiger partial charge on any atom is -0.494 e. The number of nitrogens with zero attached hydrogens (tertiary/aromatic N) is 1. The van der Waals surface area contributed by atoms with E-state index < -0.39 is 0 Å². The lowest BCUT2D eigenvalue weighted by molar-refractivity contribution is 0.340. The van der Waals surface area contributed by atoms with Crippen molar-refractivity contribution < 1.29 is 9.15 Å². The zero-order valence-corrected chi connectivity index (χ0v) is 11.7. The average molecular weight is 270 g/mol. The van der Waals surface area contributed by atoms with E-state index in [2.05, 4.69) is 12.2 Å². The standard InChI is InChI=1S/C16H18N2O2/c1-3-19-14-6-4-13(5-7-14)12(2)18-11-16-9-8-15(10-17)20-16/h4-9,12,18H,3,11H2,1-2H3. The molecular weight excluding hydrogens is 252 g/mol. The molecule has 1 unspecified atom stereocenters. The fraction of sp³-hybridized carbons (Fsp3) is 0.312. The topological polar surface area (TPSA) is 58.2 Å². The molecule has 0 radical (unpaired) electrons. The molecule has 104 valence electrons. The molecule has 0 spiro atoms. The van der Waals surface area contributed by atoms with Crippen LogP contribution in [0.15, 0.2) is 40.8 Å². The van der Waals surface area contributed by atoms with Gasteiger partial charge in [0.15, 0.2) is 0 Å². The van der Waals surface area contributed by atoms with Gasteiger partial charge in [-0.2, -0.15) is 5.26 Å². The number of nitrogens with one attached hydrogen (secondary N) is 1. The summed E-state index contributed by atoms with van der Waals surface area (Å²) in [6, 6.07) is 13.7. The lowest BCUT2D eigenvalue weighted by Gasteiger charge is -2.14. The first-order valence-electron chi connectivity index (χ1n) is 6.68. The maximum absolute atomic E-state index is 8.70. The van der Waals surface area contributed by atoms with Crippen molar-refractivity contribution in [2.75, 3.05) is 6.61 Å². The maximum Gasteiger partial charge on any atom is 0.203 e. The summed E-state index contributed by atoms with van der Waals surface area (Å²) in [6.45, 7) is 5.32. The molecule has 20 heavy (non-hydrogen) atoms. The van der Waals surface area contributed by atoms with Crippen molar-refractivity contribution in [3.8, 4) is 11.8 Å². The number of furan rings is 1. The van der Waals surface area contributed by atoms with Crippen LogP contribution in [0.2, 0.25) is 0 Å². The average Bonchev–Trinajstić information content (AvgIpc) is 2.94. The molecule has 0 bridgehead atoms. The van der Waals surface area contributed by atoms with Gasteiger partial charge in [0.25, 0.3) is 0 Å². The van der Waals surface area contributed by atoms with Gasteiger partial charge < -0.3 is 14.5 Å². The Labute approximate surface area is 119 Å². The van der Waals surface area contributed by atoms with E-state index in [4.69, 9.17) is 14.4 Å². The van der Waals surface area contributed by atoms with E-state index in [1.54, 1.807) is 6.07 Å². The number of nitriles is 1. The minimum absolute atomic E-state index is 0.196. The largest absolute Gasteiger partial charge is 0.494 e. The zero-order valence-electron chi connectivity index (χ0n) is 11.7. The molecule has 2 rings (SSSR count). The molecule has 0 aliphatic carbocycles. The van der Waals surface area contributed by atoms with Gasteiger partial charge in [-0.25, -0.2) is 0 Å². The van der Waals surface area contributed by atoms with E-state index in [0.29, 0.717) is 18.9 Å². The van der Waals surface area contributed by atoms with E-state index in [9.17, 15) is 0 Å². The highest BCUT2D eigenvalue weighted by atomic mass is 16.5. The summed E-state index contributed by atoms with van der Waals surface area (Å²) in [5.41, 5.74) is 1.18. The van der Waals surface area contributed by atoms with Gasteiger partial charge in [-0.05, 0) is 43.7 Å². The van der Waals surface area contributed by atoms with Gasteiger partial charge in [0, 0.05) is 6.04 Å². The van der Waals surface area contributed by atoms with Gasteiger partial charge in [-0.3, -0.25) is 0 Å². The summed E-state index contributed by atoms with van der Waals surface area (Å²) < 4.78 is 10.7. The van der Waals surface area contributed by atoms with Crippen LogP contribution >= 0.6 is 0 Å². The third-order valence-corrected chi connectivity index (χ3v) is 3.05. The van der Waals surface area contributed by atoms with Crippen LogP contribution in [0.3, 0.4) is 0 Å². The molecule has 1 heterocycles. The molecule has 1 atom stereocenters. The second-order valence-corrected chi connectivity index (χ2v) is 4.48. The van der Waals surface area contributed by atoms with Crippen molar-refractivity contribution in [1.82, 2.24) is 5.32 Å². The first-order valence-corrected chi connectivity index (χ1v) is 6.68. The van der Waals surface area contributed by atoms with E-state index in [-0.39, 0.29) is 6.04 Å². The Bertz CT molecular complexity index is 581. The summed E-state index contributed by atoms with van der Waals surface area (Å²) in [7, 11) is 0. The van der Waals surface area contributed by atoms with Crippen LogP contribution in [0.1, 0.15) is 37.0 Å². The molecule has 1 aromatic heterocycles. The van der Waals surface area contributed by atoms with Crippen LogP contribution in [0.5, 0.6) is 5.75 Å². The van der Waals surface area contributed by atoms with Gasteiger partial charge in [0.05, 0.1) is 13.2 Å². The van der Waals surface area contributed by atoms with E-state index in [0.717, 1.165) is 11.5 Å². The Hall–Kier alpha value is -2.25. The highest BCUT2D eigenvalue weighted by molar-refractivity contribution is 5.29. The predicted octanol–water partition coefficient (Wildman–Crippen LogP) is 3.40. The second kappa shape index (κ2) is 6.78. The normalized spacial score (nSPS) is 11.8. The lowest BCUT2D eigenvalue weighted by atomic mass is 10.1. The molecule has 0 saturated heterocycles. The highest BCUT2D eigenvalue weighted by Gasteiger charge is 2.07. The number of benzene rings is 1. The smallest absolute Gasteiger partial charge is 0.203 e. The first kappa shape index (κ1) is 14.2. The molecule has 1 N–H and O–H groups in total. The van der Waals surface area contributed by atoms with Crippen molar-refractivity contribution in [1.29, 1.82) is 5.26 Å². The number of hydrogen-bond acceptors (Lipinski definition) is 4. The maximum atomic E-state index is 8.70. The van der Waals surface area contributed by atoms with E-state index in [1.807, 2.05) is 43.3 Å². The summed E-state index contributed by atoms with van der Waals surface area (Å²) in [5.74, 6) is 1.99. The number of rotatable bonds is 6.